The number of imidazole rings is 1. The van der Waals surface area contributed by atoms with Gasteiger partial charge < -0.3 is 15.2 Å². The lowest BCUT2D eigenvalue weighted by molar-refractivity contribution is 0.760. The van der Waals surface area contributed by atoms with Crippen LogP contribution in [0.2, 0.25) is 0 Å². The molecule has 0 fully saturated rings. The van der Waals surface area contributed by atoms with Crippen molar-refractivity contribution in [3.63, 3.8) is 0 Å². The van der Waals surface area contributed by atoms with Crippen molar-refractivity contribution in [3.8, 4) is 0 Å². The van der Waals surface area contributed by atoms with Gasteiger partial charge in [-0.1, -0.05) is 42.5 Å². The van der Waals surface area contributed by atoms with E-state index < -0.39 is 0 Å². The Morgan fingerprint density at radius 3 is 2.60 bits per heavy atom. The summed E-state index contributed by atoms with van der Waals surface area (Å²) in [5, 5.41) is 6.75. The Labute approximate surface area is 200 Å². The highest BCUT2D eigenvalue weighted by Crippen LogP contribution is 2.15. The number of thioether (sulfide) groups is 1. The Kier molecular flexibility index (Phi) is 10.8. The van der Waals surface area contributed by atoms with Crippen molar-refractivity contribution in [2.75, 3.05) is 18.8 Å². The second-order valence-corrected chi connectivity index (χ2v) is 7.87. The molecule has 0 radical (unpaired) electrons. The number of aromatic nitrogens is 2. The lowest BCUT2D eigenvalue weighted by Gasteiger charge is -2.11. The lowest BCUT2D eigenvalue weighted by atomic mass is 10.1. The highest BCUT2D eigenvalue weighted by molar-refractivity contribution is 14.0. The number of hydrogen-bond acceptors (Lipinski definition) is 3. The van der Waals surface area contributed by atoms with E-state index in [1.54, 1.807) is 0 Å². The van der Waals surface area contributed by atoms with Crippen LogP contribution in [0.5, 0.6) is 0 Å². The minimum absolute atomic E-state index is 0. The van der Waals surface area contributed by atoms with Crippen molar-refractivity contribution in [1.29, 1.82) is 0 Å². The van der Waals surface area contributed by atoms with Gasteiger partial charge in [-0.15, -0.1) is 35.7 Å². The molecule has 2 aromatic carbocycles. The number of nitrogens with zero attached hydrogens (tertiary/aromatic N) is 3. The van der Waals surface area contributed by atoms with Crippen LogP contribution in [-0.4, -0.2) is 34.4 Å². The monoisotopic (exact) mass is 535 g/mol. The zero-order valence-corrected chi connectivity index (χ0v) is 20.7. The van der Waals surface area contributed by atoms with Crippen LogP contribution in [0.3, 0.4) is 0 Å². The molecule has 2 N–H and O–H groups in total. The summed E-state index contributed by atoms with van der Waals surface area (Å²) in [4.78, 5) is 10.3. The topological polar surface area (TPSA) is 54.2 Å². The van der Waals surface area contributed by atoms with Crippen LogP contribution in [0.1, 0.15) is 23.9 Å². The predicted molar refractivity (Wildman–Crippen MR) is 138 cm³/mol. The van der Waals surface area contributed by atoms with E-state index >= 15 is 0 Å². The third-order valence-electron chi connectivity index (χ3n) is 4.44. The van der Waals surface area contributed by atoms with Crippen LogP contribution in [0.4, 0.5) is 0 Å². The van der Waals surface area contributed by atoms with Crippen LogP contribution < -0.4 is 10.6 Å². The molecule has 0 bridgehead atoms. The van der Waals surface area contributed by atoms with E-state index in [0.717, 1.165) is 37.2 Å². The molecule has 0 aliphatic carbocycles. The molecule has 3 aromatic rings. The fraction of sp³-hybridized carbons (Fsp3) is 0.304. The number of aliphatic imine (C=N–C) groups is 1. The highest BCUT2D eigenvalue weighted by Gasteiger charge is 2.02. The third kappa shape index (κ3) is 8.02. The predicted octanol–water partition coefficient (Wildman–Crippen LogP) is 4.71. The fourth-order valence-electron chi connectivity index (χ4n) is 2.96. The van der Waals surface area contributed by atoms with E-state index in [-0.39, 0.29) is 24.0 Å². The van der Waals surface area contributed by atoms with Gasteiger partial charge in [0.2, 0.25) is 0 Å². The SMILES string of the molecule is CCNC(=NCc1cccc(Cn2ccnc2C)c1)NCCSc1ccccc1.I. The van der Waals surface area contributed by atoms with Gasteiger partial charge in [0, 0.05) is 42.7 Å². The molecule has 0 saturated heterocycles. The van der Waals surface area contributed by atoms with Gasteiger partial charge in [0.1, 0.15) is 5.82 Å². The number of hydrogen-bond donors (Lipinski definition) is 2. The van der Waals surface area contributed by atoms with Gasteiger partial charge in [-0.3, -0.25) is 0 Å². The first kappa shape index (κ1) is 24.3. The van der Waals surface area contributed by atoms with E-state index in [4.69, 9.17) is 4.99 Å². The molecular weight excluding hydrogens is 505 g/mol. The minimum Gasteiger partial charge on any atom is -0.357 e. The molecule has 7 heteroatoms. The van der Waals surface area contributed by atoms with Crippen LogP contribution in [0.25, 0.3) is 0 Å². The Hall–Kier alpha value is -2.00. The first-order valence-corrected chi connectivity index (χ1v) is 11.0. The van der Waals surface area contributed by atoms with Gasteiger partial charge in [-0.25, -0.2) is 9.98 Å². The Morgan fingerprint density at radius 2 is 1.87 bits per heavy atom. The summed E-state index contributed by atoms with van der Waals surface area (Å²) < 4.78 is 2.15. The molecule has 30 heavy (non-hydrogen) atoms. The van der Waals surface area contributed by atoms with Gasteiger partial charge in [0.25, 0.3) is 0 Å². The lowest BCUT2D eigenvalue weighted by Crippen LogP contribution is -2.38. The fourth-order valence-corrected chi connectivity index (χ4v) is 3.75. The van der Waals surface area contributed by atoms with Crippen molar-refractivity contribution >= 4 is 41.7 Å². The normalized spacial score (nSPS) is 11.1. The summed E-state index contributed by atoms with van der Waals surface area (Å²) in [6, 6.07) is 19.1. The Bertz CT molecular complexity index is 911. The molecule has 0 aliphatic rings. The van der Waals surface area contributed by atoms with Crippen molar-refractivity contribution in [1.82, 2.24) is 20.2 Å². The number of nitrogens with one attached hydrogen (secondary N) is 2. The molecule has 0 amide bonds. The third-order valence-corrected chi connectivity index (χ3v) is 5.45. The summed E-state index contributed by atoms with van der Waals surface area (Å²) >= 11 is 1.85. The molecule has 0 aliphatic heterocycles. The summed E-state index contributed by atoms with van der Waals surface area (Å²) in [5.41, 5.74) is 2.46. The van der Waals surface area contributed by atoms with Gasteiger partial charge in [0.05, 0.1) is 6.54 Å². The largest absolute Gasteiger partial charge is 0.357 e. The average Bonchev–Trinajstić information content (AvgIpc) is 3.15. The van der Waals surface area contributed by atoms with Gasteiger partial charge in [-0.2, -0.15) is 0 Å². The molecule has 160 valence electrons. The number of rotatable bonds is 9. The maximum absolute atomic E-state index is 4.75. The maximum atomic E-state index is 4.75. The van der Waals surface area contributed by atoms with Gasteiger partial charge in [0.15, 0.2) is 5.96 Å². The second-order valence-electron chi connectivity index (χ2n) is 6.71. The number of guanidine groups is 1. The zero-order valence-electron chi connectivity index (χ0n) is 17.5. The van der Waals surface area contributed by atoms with E-state index in [0.29, 0.717) is 6.54 Å². The molecular formula is C23H30IN5S. The molecule has 0 atom stereocenters. The van der Waals surface area contributed by atoms with Crippen molar-refractivity contribution in [3.05, 3.63) is 83.9 Å². The molecule has 1 heterocycles. The van der Waals surface area contributed by atoms with E-state index in [1.165, 1.54) is 16.0 Å². The Morgan fingerprint density at radius 1 is 1.07 bits per heavy atom. The standard InChI is InChI=1S/C23H29N5S.HI/c1-3-24-23(26-13-15-29-22-10-5-4-6-11-22)27-17-20-8-7-9-21(16-20)18-28-14-12-25-19(28)2;/h4-12,14,16H,3,13,15,17-18H2,1-2H3,(H2,24,26,27);1H. The molecule has 0 unspecified atom stereocenters. The number of benzene rings is 2. The van der Waals surface area contributed by atoms with Crippen molar-refractivity contribution < 1.29 is 0 Å². The highest BCUT2D eigenvalue weighted by atomic mass is 127. The van der Waals surface area contributed by atoms with Crippen LogP contribution in [-0.2, 0) is 13.1 Å². The van der Waals surface area contributed by atoms with Gasteiger partial charge in [-0.05, 0) is 37.1 Å². The first-order valence-electron chi connectivity index (χ1n) is 10.00. The van der Waals surface area contributed by atoms with Crippen LogP contribution >= 0.6 is 35.7 Å². The number of halogens is 1. The van der Waals surface area contributed by atoms with E-state index in [1.807, 2.05) is 37.1 Å². The summed E-state index contributed by atoms with van der Waals surface area (Å²) in [6.07, 6.45) is 3.86. The first-order chi connectivity index (χ1) is 14.2. The average molecular weight is 535 g/mol. The van der Waals surface area contributed by atoms with E-state index in [2.05, 4.69) is 75.6 Å². The second kappa shape index (κ2) is 13.3. The van der Waals surface area contributed by atoms with E-state index in [9.17, 15) is 0 Å². The van der Waals surface area contributed by atoms with Crippen LogP contribution in [0, 0.1) is 6.92 Å². The quantitative estimate of drug-likeness (QED) is 0.137. The smallest absolute Gasteiger partial charge is 0.191 e. The molecule has 1 aromatic heterocycles. The summed E-state index contributed by atoms with van der Waals surface area (Å²) in [7, 11) is 0. The molecule has 0 spiro atoms. The van der Waals surface area contributed by atoms with Gasteiger partial charge >= 0.3 is 0 Å². The van der Waals surface area contributed by atoms with Crippen molar-refractivity contribution in [2.45, 2.75) is 31.8 Å². The van der Waals surface area contributed by atoms with Crippen molar-refractivity contribution in [2.24, 2.45) is 4.99 Å². The zero-order chi connectivity index (χ0) is 20.3. The maximum Gasteiger partial charge on any atom is 0.191 e. The minimum atomic E-state index is 0. The number of aryl methyl sites for hydroxylation is 1. The van der Waals surface area contributed by atoms with Crippen LogP contribution in [0.15, 0.2) is 76.9 Å². The summed E-state index contributed by atoms with van der Waals surface area (Å²) in [5.74, 6) is 2.88. The molecule has 5 nitrogen and oxygen atoms in total. The molecule has 0 saturated carbocycles. The molecule has 3 rings (SSSR count). The Balaban J connectivity index is 0.00000320. The summed E-state index contributed by atoms with van der Waals surface area (Å²) in [6.45, 7) is 7.31.